The van der Waals surface area contributed by atoms with Crippen LogP contribution in [0.15, 0.2) is 65.4 Å². The summed E-state index contributed by atoms with van der Waals surface area (Å²) in [4.78, 5) is 8.83. The molecule has 0 aliphatic heterocycles. The van der Waals surface area contributed by atoms with Gasteiger partial charge >= 0.3 is 0 Å². The predicted molar refractivity (Wildman–Crippen MR) is 85.0 cm³/mol. The van der Waals surface area contributed by atoms with Crippen molar-refractivity contribution >= 4 is 21.6 Å². The lowest BCUT2D eigenvalue weighted by Gasteiger charge is -2.04. The molecule has 0 aliphatic rings. The number of nitrogens with two attached hydrogens (primary N) is 1. The number of rotatable bonds is 2. The molecule has 0 amide bonds. The number of nitrogen functional groups attached to an aromatic ring is 1. The highest BCUT2D eigenvalue weighted by Crippen LogP contribution is 2.22. The number of halogens is 1. The van der Waals surface area contributed by atoms with Crippen LogP contribution in [0.3, 0.4) is 0 Å². The average molecular weight is 326 g/mol. The lowest BCUT2D eigenvalue weighted by Crippen LogP contribution is -1.90. The van der Waals surface area contributed by atoms with Gasteiger partial charge in [0, 0.05) is 33.7 Å². The van der Waals surface area contributed by atoms with E-state index in [9.17, 15) is 0 Å². The highest BCUT2D eigenvalue weighted by Gasteiger charge is 2.03. The highest BCUT2D eigenvalue weighted by atomic mass is 79.9. The van der Waals surface area contributed by atoms with Crippen LogP contribution in [0.2, 0.25) is 0 Å². The van der Waals surface area contributed by atoms with E-state index in [1.54, 1.807) is 0 Å². The van der Waals surface area contributed by atoms with Crippen LogP contribution in [0.25, 0.3) is 22.5 Å². The van der Waals surface area contributed by atoms with Crippen molar-refractivity contribution in [3.8, 4) is 22.5 Å². The maximum absolute atomic E-state index is 5.67. The Morgan fingerprint density at radius 3 is 1.85 bits per heavy atom. The first kappa shape index (κ1) is 12.8. The smallest absolute Gasteiger partial charge is 0.159 e. The van der Waals surface area contributed by atoms with E-state index in [2.05, 4.69) is 25.9 Å². The molecule has 0 unspecified atom stereocenters. The Morgan fingerprint density at radius 1 is 0.700 bits per heavy atom. The van der Waals surface area contributed by atoms with Gasteiger partial charge in [-0.3, -0.25) is 0 Å². The number of aromatic nitrogens is 2. The molecular formula is C16H12BrN3. The molecule has 3 nitrogen and oxygen atoms in total. The second kappa shape index (κ2) is 5.43. The van der Waals surface area contributed by atoms with E-state index in [0.29, 0.717) is 5.82 Å². The van der Waals surface area contributed by atoms with Gasteiger partial charge in [0.1, 0.15) is 0 Å². The fourth-order valence-electron chi connectivity index (χ4n) is 1.90. The molecule has 0 saturated heterocycles. The molecule has 0 radical (unpaired) electrons. The summed E-state index contributed by atoms with van der Waals surface area (Å²) in [5.74, 6) is 0.700. The van der Waals surface area contributed by atoms with Gasteiger partial charge in [-0.15, -0.1) is 0 Å². The van der Waals surface area contributed by atoms with Crippen molar-refractivity contribution in [1.82, 2.24) is 9.97 Å². The van der Waals surface area contributed by atoms with E-state index < -0.39 is 0 Å². The molecule has 98 valence electrons. The molecule has 1 aromatic heterocycles. The average Bonchev–Trinajstić information content (AvgIpc) is 2.49. The van der Waals surface area contributed by atoms with Gasteiger partial charge in [-0.25, -0.2) is 9.97 Å². The number of benzene rings is 2. The third-order valence-corrected chi connectivity index (χ3v) is 3.53. The zero-order valence-electron chi connectivity index (χ0n) is 10.6. The van der Waals surface area contributed by atoms with E-state index in [-0.39, 0.29) is 0 Å². The van der Waals surface area contributed by atoms with E-state index in [4.69, 9.17) is 5.73 Å². The van der Waals surface area contributed by atoms with E-state index in [0.717, 1.165) is 26.9 Å². The second-order valence-electron chi connectivity index (χ2n) is 4.42. The number of hydrogen-bond acceptors (Lipinski definition) is 3. The summed E-state index contributed by atoms with van der Waals surface area (Å²) in [5, 5.41) is 0. The minimum Gasteiger partial charge on any atom is -0.399 e. The van der Waals surface area contributed by atoms with Crippen LogP contribution in [-0.4, -0.2) is 9.97 Å². The number of anilines is 1. The van der Waals surface area contributed by atoms with Crippen LogP contribution < -0.4 is 5.73 Å². The summed E-state index contributed by atoms with van der Waals surface area (Å²) in [5.41, 5.74) is 9.46. The van der Waals surface area contributed by atoms with Gasteiger partial charge in [0.2, 0.25) is 0 Å². The van der Waals surface area contributed by atoms with Crippen LogP contribution in [0.5, 0.6) is 0 Å². The standard InChI is InChI=1S/C16H12BrN3/c17-14-5-1-11(2-6-14)13-9-19-16(20-10-13)12-3-7-15(18)8-4-12/h1-10H,18H2. The highest BCUT2D eigenvalue weighted by molar-refractivity contribution is 9.10. The van der Waals surface area contributed by atoms with E-state index in [1.807, 2.05) is 60.9 Å². The molecule has 0 atom stereocenters. The van der Waals surface area contributed by atoms with Crippen molar-refractivity contribution < 1.29 is 0 Å². The Balaban J connectivity index is 1.91. The van der Waals surface area contributed by atoms with Gasteiger partial charge in [-0.1, -0.05) is 28.1 Å². The third-order valence-electron chi connectivity index (χ3n) is 3.00. The van der Waals surface area contributed by atoms with Gasteiger partial charge in [0.25, 0.3) is 0 Å². The molecule has 3 aromatic rings. The first-order valence-electron chi connectivity index (χ1n) is 6.16. The lowest BCUT2D eigenvalue weighted by molar-refractivity contribution is 1.18. The van der Waals surface area contributed by atoms with Crippen molar-refractivity contribution in [2.45, 2.75) is 0 Å². The molecule has 0 aliphatic carbocycles. The van der Waals surface area contributed by atoms with Crippen LogP contribution >= 0.6 is 15.9 Å². The van der Waals surface area contributed by atoms with Crippen LogP contribution in [-0.2, 0) is 0 Å². The summed E-state index contributed by atoms with van der Waals surface area (Å²) in [6.45, 7) is 0. The van der Waals surface area contributed by atoms with E-state index in [1.165, 1.54) is 0 Å². The van der Waals surface area contributed by atoms with Gasteiger partial charge in [0.05, 0.1) is 0 Å². The quantitative estimate of drug-likeness (QED) is 0.720. The zero-order chi connectivity index (χ0) is 13.9. The molecule has 2 N–H and O–H groups in total. The predicted octanol–water partition coefficient (Wildman–Crippen LogP) is 4.16. The summed E-state index contributed by atoms with van der Waals surface area (Å²) in [7, 11) is 0. The van der Waals surface area contributed by atoms with Gasteiger partial charge in [-0.2, -0.15) is 0 Å². The minimum absolute atomic E-state index is 0.700. The first-order valence-corrected chi connectivity index (χ1v) is 6.95. The van der Waals surface area contributed by atoms with Crippen LogP contribution in [0, 0.1) is 0 Å². The number of nitrogens with zero attached hydrogens (tertiary/aromatic N) is 2. The zero-order valence-corrected chi connectivity index (χ0v) is 12.2. The maximum atomic E-state index is 5.67. The Morgan fingerprint density at radius 2 is 1.25 bits per heavy atom. The lowest BCUT2D eigenvalue weighted by atomic mass is 10.1. The molecule has 0 fully saturated rings. The van der Waals surface area contributed by atoms with Crippen LogP contribution in [0.1, 0.15) is 0 Å². The van der Waals surface area contributed by atoms with Crippen LogP contribution in [0.4, 0.5) is 5.69 Å². The van der Waals surface area contributed by atoms with Gasteiger partial charge in [0.15, 0.2) is 5.82 Å². The fourth-order valence-corrected chi connectivity index (χ4v) is 2.17. The summed E-state index contributed by atoms with van der Waals surface area (Å²) >= 11 is 3.42. The summed E-state index contributed by atoms with van der Waals surface area (Å²) in [6.07, 6.45) is 3.67. The number of hydrogen-bond donors (Lipinski definition) is 1. The van der Waals surface area contributed by atoms with Gasteiger partial charge in [-0.05, 0) is 42.0 Å². The molecule has 0 saturated carbocycles. The maximum Gasteiger partial charge on any atom is 0.159 e. The topological polar surface area (TPSA) is 51.8 Å². The molecule has 2 aromatic carbocycles. The third kappa shape index (κ3) is 2.70. The molecule has 0 spiro atoms. The van der Waals surface area contributed by atoms with Crippen molar-refractivity contribution in [2.75, 3.05) is 5.73 Å². The Labute approximate surface area is 125 Å². The fraction of sp³-hybridized carbons (Fsp3) is 0. The summed E-state index contributed by atoms with van der Waals surface area (Å²) < 4.78 is 1.06. The summed E-state index contributed by atoms with van der Waals surface area (Å²) in [6, 6.07) is 15.6. The SMILES string of the molecule is Nc1ccc(-c2ncc(-c3ccc(Br)cc3)cn2)cc1. The second-order valence-corrected chi connectivity index (χ2v) is 5.34. The van der Waals surface area contributed by atoms with Crippen molar-refractivity contribution in [1.29, 1.82) is 0 Å². The van der Waals surface area contributed by atoms with Crippen molar-refractivity contribution in [3.05, 3.63) is 65.4 Å². The van der Waals surface area contributed by atoms with Gasteiger partial charge < -0.3 is 5.73 Å². The van der Waals surface area contributed by atoms with Crippen molar-refractivity contribution in [2.24, 2.45) is 0 Å². The monoisotopic (exact) mass is 325 g/mol. The first-order chi connectivity index (χ1) is 9.72. The Kier molecular flexibility index (Phi) is 3.48. The molecule has 20 heavy (non-hydrogen) atoms. The molecule has 4 heteroatoms. The van der Waals surface area contributed by atoms with Crippen molar-refractivity contribution in [3.63, 3.8) is 0 Å². The molecule has 3 rings (SSSR count). The van der Waals surface area contributed by atoms with E-state index >= 15 is 0 Å². The largest absolute Gasteiger partial charge is 0.399 e. The molecule has 0 bridgehead atoms. The molecule has 1 heterocycles. The molecular weight excluding hydrogens is 314 g/mol. The minimum atomic E-state index is 0.700. The normalized spacial score (nSPS) is 10.4. The Bertz CT molecular complexity index is 640. The Hall–Kier alpha value is -2.20.